The van der Waals surface area contributed by atoms with Crippen LogP contribution < -0.4 is 4.74 Å². The molecule has 0 unspecified atom stereocenters. The first-order valence-electron chi connectivity index (χ1n) is 4.79. The van der Waals surface area contributed by atoms with Crippen molar-refractivity contribution in [2.75, 3.05) is 12.5 Å². The van der Waals surface area contributed by atoms with Gasteiger partial charge in [0.05, 0.1) is 12.4 Å². The molecule has 0 aromatic heterocycles. The van der Waals surface area contributed by atoms with E-state index in [0.29, 0.717) is 13.0 Å². The normalized spacial score (nSPS) is 15.3. The second-order valence-corrected chi connectivity index (χ2v) is 6.44. The predicted molar refractivity (Wildman–Crippen MR) is 60.1 cm³/mol. The van der Waals surface area contributed by atoms with Gasteiger partial charge in [0.1, 0.15) is 5.75 Å². The topological polar surface area (TPSA) is 52.6 Å². The minimum absolute atomic E-state index is 0.0656. The van der Waals surface area contributed by atoms with E-state index in [-0.39, 0.29) is 12.5 Å². The molecule has 0 radical (unpaired) electrons. The summed E-state index contributed by atoms with van der Waals surface area (Å²) in [7, 11) is 1.71. The largest absolute Gasteiger partial charge is 0.467 e. The highest BCUT2D eigenvalue weighted by atomic mass is 35.7. The first-order valence-corrected chi connectivity index (χ1v) is 7.27. The fourth-order valence-electron chi connectivity index (χ4n) is 1.50. The van der Waals surface area contributed by atoms with Crippen LogP contribution in [0.1, 0.15) is 11.1 Å². The monoisotopic (exact) mass is 262 g/mol. The van der Waals surface area contributed by atoms with Crippen LogP contribution in [0, 0.1) is 0 Å². The highest BCUT2D eigenvalue weighted by molar-refractivity contribution is 8.13. The Balaban J connectivity index is 2.11. The van der Waals surface area contributed by atoms with Crippen LogP contribution in [0.5, 0.6) is 5.75 Å². The zero-order valence-corrected chi connectivity index (χ0v) is 10.1. The quantitative estimate of drug-likeness (QED) is 0.778. The summed E-state index contributed by atoms with van der Waals surface area (Å²) in [6.45, 7) is 0.772. The molecule has 4 nitrogen and oxygen atoms in total. The lowest BCUT2D eigenvalue weighted by Crippen LogP contribution is -2.11. The zero-order chi connectivity index (χ0) is 11.6. The molecule has 0 bridgehead atoms. The summed E-state index contributed by atoms with van der Waals surface area (Å²) < 4.78 is 32.0. The van der Waals surface area contributed by atoms with Crippen LogP contribution in [-0.2, 0) is 26.8 Å². The summed E-state index contributed by atoms with van der Waals surface area (Å²) in [6.07, 6.45) is 0.392. The standard InChI is InChI=1S/C10H11ClO4S/c11-16(12,13)4-3-8-1-2-9-6-14-7-15-10(9)5-8/h1-2,5H,3-4,6-7H2. The average Bonchev–Trinajstić information content (AvgIpc) is 2.25. The number of aryl methyl sites for hydroxylation is 1. The van der Waals surface area contributed by atoms with Gasteiger partial charge in [-0.15, -0.1) is 0 Å². The summed E-state index contributed by atoms with van der Waals surface area (Å²) in [5.74, 6) is 0.694. The van der Waals surface area contributed by atoms with E-state index in [2.05, 4.69) is 0 Å². The third-order valence-corrected chi connectivity index (χ3v) is 3.48. The third kappa shape index (κ3) is 3.10. The lowest BCUT2D eigenvalue weighted by molar-refractivity contribution is -0.0164. The summed E-state index contributed by atoms with van der Waals surface area (Å²) in [6, 6.07) is 5.57. The van der Waals surface area contributed by atoms with Gasteiger partial charge in [-0.05, 0) is 18.1 Å². The van der Waals surface area contributed by atoms with E-state index in [4.69, 9.17) is 20.2 Å². The number of halogens is 1. The molecule has 1 heterocycles. The Hall–Kier alpha value is -0.780. The Kier molecular flexibility index (Phi) is 3.37. The van der Waals surface area contributed by atoms with Crippen LogP contribution in [0.15, 0.2) is 18.2 Å². The Labute approximate surface area is 98.5 Å². The second-order valence-electron chi connectivity index (χ2n) is 3.55. The van der Waals surface area contributed by atoms with Crippen molar-refractivity contribution in [1.82, 2.24) is 0 Å². The van der Waals surface area contributed by atoms with Crippen molar-refractivity contribution in [3.05, 3.63) is 29.3 Å². The highest BCUT2D eigenvalue weighted by Crippen LogP contribution is 2.25. The van der Waals surface area contributed by atoms with Crippen molar-refractivity contribution in [2.24, 2.45) is 0 Å². The molecule has 0 fully saturated rings. The predicted octanol–water partition coefficient (Wildman–Crippen LogP) is 1.66. The number of ether oxygens (including phenoxy) is 2. The van der Waals surface area contributed by atoms with Crippen molar-refractivity contribution in [3.8, 4) is 5.75 Å². The van der Waals surface area contributed by atoms with Crippen LogP contribution in [-0.4, -0.2) is 21.0 Å². The molecule has 16 heavy (non-hydrogen) atoms. The van der Waals surface area contributed by atoms with Gasteiger partial charge in [-0.1, -0.05) is 12.1 Å². The average molecular weight is 263 g/mol. The fourth-order valence-corrected chi connectivity index (χ4v) is 2.22. The van der Waals surface area contributed by atoms with E-state index in [0.717, 1.165) is 16.9 Å². The van der Waals surface area contributed by atoms with Gasteiger partial charge < -0.3 is 9.47 Å². The number of hydrogen-bond donors (Lipinski definition) is 0. The molecule has 1 aromatic carbocycles. The first-order chi connectivity index (χ1) is 7.54. The molecule has 1 aliphatic heterocycles. The number of rotatable bonds is 3. The smallest absolute Gasteiger partial charge is 0.232 e. The highest BCUT2D eigenvalue weighted by Gasteiger charge is 2.12. The number of hydrogen-bond acceptors (Lipinski definition) is 4. The molecule has 1 aliphatic rings. The van der Waals surface area contributed by atoms with Crippen molar-refractivity contribution in [1.29, 1.82) is 0 Å². The van der Waals surface area contributed by atoms with Crippen molar-refractivity contribution in [3.63, 3.8) is 0 Å². The molecule has 2 rings (SSSR count). The lowest BCUT2D eigenvalue weighted by Gasteiger charge is -2.18. The van der Waals surface area contributed by atoms with Gasteiger partial charge in [-0.3, -0.25) is 0 Å². The summed E-state index contributed by atoms with van der Waals surface area (Å²) in [4.78, 5) is 0. The Morgan fingerprint density at radius 1 is 1.38 bits per heavy atom. The SMILES string of the molecule is O=S(=O)(Cl)CCc1ccc2c(c1)OCOC2. The molecule has 0 spiro atoms. The molecule has 0 amide bonds. The van der Waals surface area contributed by atoms with E-state index in [1.165, 1.54) is 0 Å². The molecule has 0 atom stereocenters. The van der Waals surface area contributed by atoms with Gasteiger partial charge in [0.25, 0.3) is 0 Å². The van der Waals surface area contributed by atoms with Crippen LogP contribution in [0.4, 0.5) is 0 Å². The maximum atomic E-state index is 10.8. The van der Waals surface area contributed by atoms with Gasteiger partial charge in [-0.2, -0.15) is 0 Å². The number of fused-ring (bicyclic) bond motifs is 1. The van der Waals surface area contributed by atoms with Crippen LogP contribution in [0.2, 0.25) is 0 Å². The molecule has 0 aliphatic carbocycles. The molecule has 0 saturated heterocycles. The lowest BCUT2D eigenvalue weighted by atomic mass is 10.1. The summed E-state index contributed by atoms with van der Waals surface area (Å²) in [5, 5.41) is 0. The summed E-state index contributed by atoms with van der Waals surface area (Å²) in [5.41, 5.74) is 1.87. The molecular formula is C10H11ClO4S. The van der Waals surface area contributed by atoms with E-state index in [1.807, 2.05) is 18.2 Å². The Morgan fingerprint density at radius 2 is 2.19 bits per heavy atom. The summed E-state index contributed by atoms with van der Waals surface area (Å²) >= 11 is 0. The third-order valence-electron chi connectivity index (χ3n) is 2.32. The molecule has 88 valence electrons. The van der Waals surface area contributed by atoms with Gasteiger partial charge in [-0.25, -0.2) is 8.42 Å². The molecule has 6 heteroatoms. The zero-order valence-electron chi connectivity index (χ0n) is 8.48. The molecule has 0 N–H and O–H groups in total. The van der Waals surface area contributed by atoms with Gasteiger partial charge in [0.15, 0.2) is 6.79 Å². The van der Waals surface area contributed by atoms with E-state index < -0.39 is 9.05 Å². The van der Waals surface area contributed by atoms with Crippen LogP contribution in [0.25, 0.3) is 0 Å². The fraction of sp³-hybridized carbons (Fsp3) is 0.400. The van der Waals surface area contributed by atoms with Gasteiger partial charge in [0.2, 0.25) is 9.05 Å². The molecule has 0 saturated carbocycles. The van der Waals surface area contributed by atoms with E-state index in [1.54, 1.807) is 0 Å². The maximum absolute atomic E-state index is 10.8. The molecular weight excluding hydrogens is 252 g/mol. The maximum Gasteiger partial charge on any atom is 0.232 e. The van der Waals surface area contributed by atoms with Gasteiger partial charge >= 0.3 is 0 Å². The number of benzene rings is 1. The minimum Gasteiger partial charge on any atom is -0.467 e. The Morgan fingerprint density at radius 3 is 2.94 bits per heavy atom. The van der Waals surface area contributed by atoms with E-state index in [9.17, 15) is 8.42 Å². The van der Waals surface area contributed by atoms with Crippen LogP contribution in [0.3, 0.4) is 0 Å². The molecule has 1 aromatic rings. The van der Waals surface area contributed by atoms with Crippen molar-refractivity contribution < 1.29 is 17.9 Å². The first kappa shape index (κ1) is 11.7. The van der Waals surface area contributed by atoms with E-state index >= 15 is 0 Å². The van der Waals surface area contributed by atoms with Crippen molar-refractivity contribution in [2.45, 2.75) is 13.0 Å². The Bertz CT molecular complexity index is 484. The van der Waals surface area contributed by atoms with Crippen LogP contribution >= 0.6 is 10.7 Å². The second kappa shape index (κ2) is 4.61. The van der Waals surface area contributed by atoms with Crippen molar-refractivity contribution >= 4 is 19.7 Å². The minimum atomic E-state index is -3.44. The van der Waals surface area contributed by atoms with Gasteiger partial charge in [0, 0.05) is 16.2 Å².